The van der Waals surface area contributed by atoms with Crippen LogP contribution in [0.25, 0.3) is 0 Å². The van der Waals surface area contributed by atoms with Crippen LogP contribution in [0.5, 0.6) is 0 Å². The first-order valence-electron chi connectivity index (χ1n) is 11.5. The van der Waals surface area contributed by atoms with Crippen LogP contribution in [0.4, 0.5) is 11.4 Å². The predicted octanol–water partition coefficient (Wildman–Crippen LogP) is 2.60. The van der Waals surface area contributed by atoms with Crippen molar-refractivity contribution in [3.05, 3.63) is 69.3 Å². The highest BCUT2D eigenvalue weighted by molar-refractivity contribution is 7.92. The molecule has 190 valence electrons. The molecular formula is C24H32N4O6S. The van der Waals surface area contributed by atoms with Gasteiger partial charge in [-0.25, -0.2) is 8.42 Å². The number of benzene rings is 2. The molecule has 0 aromatic heterocycles. The number of ether oxygens (including phenoxy) is 1. The number of anilines is 1. The van der Waals surface area contributed by atoms with Gasteiger partial charge in [0.15, 0.2) is 0 Å². The zero-order valence-corrected chi connectivity index (χ0v) is 21.1. The van der Waals surface area contributed by atoms with Crippen molar-refractivity contribution in [2.24, 2.45) is 0 Å². The van der Waals surface area contributed by atoms with Crippen LogP contribution in [-0.4, -0.2) is 62.7 Å². The predicted molar refractivity (Wildman–Crippen MR) is 134 cm³/mol. The molecule has 10 nitrogen and oxygen atoms in total. The van der Waals surface area contributed by atoms with Crippen molar-refractivity contribution in [2.75, 3.05) is 36.9 Å². The molecule has 2 aromatic rings. The van der Waals surface area contributed by atoms with E-state index in [9.17, 15) is 23.3 Å². The van der Waals surface area contributed by atoms with Crippen molar-refractivity contribution in [2.45, 2.75) is 39.4 Å². The highest BCUT2D eigenvalue weighted by atomic mass is 32.2. The Morgan fingerprint density at radius 3 is 2.37 bits per heavy atom. The standard InChI is InChI=1S/C24H32N4O6S/c1-4-22(27(35(3,32)33)23-15-21(28(30)31)10-5-18(23)2)24(29)25-16-19-6-8-20(9-7-19)17-26-11-13-34-14-12-26/h5-10,15,22H,4,11-14,16-17H2,1-3H3,(H,25,29)/t22-/m0/s1. The number of morpholine rings is 1. The van der Waals surface area contributed by atoms with Gasteiger partial charge in [-0.15, -0.1) is 0 Å². The van der Waals surface area contributed by atoms with Crippen LogP contribution in [0, 0.1) is 17.0 Å². The van der Waals surface area contributed by atoms with Gasteiger partial charge in [0.1, 0.15) is 6.04 Å². The maximum atomic E-state index is 13.1. The summed E-state index contributed by atoms with van der Waals surface area (Å²) >= 11 is 0. The van der Waals surface area contributed by atoms with Gasteiger partial charge in [0.2, 0.25) is 15.9 Å². The number of amides is 1. The van der Waals surface area contributed by atoms with Crippen LogP contribution in [-0.2, 0) is 32.6 Å². The molecule has 1 fully saturated rings. The fourth-order valence-electron chi connectivity index (χ4n) is 4.07. The molecule has 2 aromatic carbocycles. The molecule has 3 rings (SSSR count). The average molecular weight is 505 g/mol. The van der Waals surface area contributed by atoms with Crippen molar-refractivity contribution in [1.29, 1.82) is 0 Å². The van der Waals surface area contributed by atoms with E-state index in [4.69, 9.17) is 4.74 Å². The Kier molecular flexibility index (Phi) is 8.82. The van der Waals surface area contributed by atoms with E-state index in [1.807, 2.05) is 24.3 Å². The number of nitro benzene ring substituents is 1. The minimum Gasteiger partial charge on any atom is -0.379 e. The zero-order chi connectivity index (χ0) is 25.6. The quantitative estimate of drug-likeness (QED) is 0.390. The summed E-state index contributed by atoms with van der Waals surface area (Å²) in [6.45, 7) is 7.70. The van der Waals surface area contributed by atoms with Gasteiger partial charge in [-0.3, -0.25) is 24.1 Å². The number of carbonyl (C=O) groups excluding carboxylic acids is 1. The molecule has 1 aliphatic heterocycles. The fourth-order valence-corrected chi connectivity index (χ4v) is 5.33. The monoisotopic (exact) mass is 504 g/mol. The van der Waals surface area contributed by atoms with Crippen molar-refractivity contribution in [1.82, 2.24) is 10.2 Å². The van der Waals surface area contributed by atoms with E-state index in [0.29, 0.717) is 5.56 Å². The number of nitrogens with one attached hydrogen (secondary N) is 1. The summed E-state index contributed by atoms with van der Waals surface area (Å²) in [6, 6.07) is 10.8. The van der Waals surface area contributed by atoms with Crippen molar-refractivity contribution >= 4 is 27.3 Å². The molecule has 1 amide bonds. The molecule has 1 atom stereocenters. The molecule has 0 spiro atoms. The van der Waals surface area contributed by atoms with Gasteiger partial charge >= 0.3 is 0 Å². The summed E-state index contributed by atoms with van der Waals surface area (Å²) in [5, 5.41) is 14.1. The molecule has 1 heterocycles. The number of hydrogen-bond donors (Lipinski definition) is 1. The first-order chi connectivity index (χ1) is 16.6. The summed E-state index contributed by atoms with van der Waals surface area (Å²) in [4.78, 5) is 26.1. The number of nitro groups is 1. The second kappa shape index (κ2) is 11.6. The van der Waals surface area contributed by atoms with Crippen molar-refractivity contribution in [3.63, 3.8) is 0 Å². The fraction of sp³-hybridized carbons (Fsp3) is 0.458. The Balaban J connectivity index is 1.72. The third-order valence-corrected chi connectivity index (χ3v) is 7.14. The molecule has 1 N–H and O–H groups in total. The van der Waals surface area contributed by atoms with E-state index in [1.165, 1.54) is 18.2 Å². The summed E-state index contributed by atoms with van der Waals surface area (Å²) in [7, 11) is -3.91. The summed E-state index contributed by atoms with van der Waals surface area (Å²) in [6.07, 6.45) is 1.19. The van der Waals surface area contributed by atoms with E-state index in [2.05, 4.69) is 10.2 Å². The Bertz CT molecular complexity index is 1150. The van der Waals surface area contributed by atoms with Gasteiger partial charge in [0, 0.05) is 38.3 Å². The second-order valence-corrected chi connectivity index (χ2v) is 10.5. The minimum absolute atomic E-state index is 0.121. The van der Waals surface area contributed by atoms with Gasteiger partial charge in [-0.2, -0.15) is 0 Å². The Hall–Kier alpha value is -3.02. The number of carbonyl (C=O) groups is 1. The Labute approximate surface area is 206 Å². The number of rotatable bonds is 10. The molecule has 0 aliphatic carbocycles. The smallest absolute Gasteiger partial charge is 0.271 e. The first kappa shape index (κ1) is 26.6. The van der Waals surface area contributed by atoms with Crippen LogP contribution < -0.4 is 9.62 Å². The lowest BCUT2D eigenvalue weighted by molar-refractivity contribution is -0.384. The third-order valence-electron chi connectivity index (χ3n) is 5.97. The van der Waals surface area contributed by atoms with E-state index in [-0.39, 0.29) is 24.3 Å². The Morgan fingerprint density at radius 2 is 1.80 bits per heavy atom. The maximum Gasteiger partial charge on any atom is 0.271 e. The van der Waals surface area contributed by atoms with Crippen LogP contribution in [0.2, 0.25) is 0 Å². The lowest BCUT2D eigenvalue weighted by atomic mass is 10.1. The number of non-ortho nitro benzene ring substituents is 1. The molecule has 0 unspecified atom stereocenters. The van der Waals surface area contributed by atoms with Crippen LogP contribution >= 0.6 is 0 Å². The van der Waals surface area contributed by atoms with Crippen LogP contribution in [0.1, 0.15) is 30.0 Å². The van der Waals surface area contributed by atoms with Gasteiger partial charge in [-0.1, -0.05) is 37.3 Å². The number of hydrogen-bond acceptors (Lipinski definition) is 7. The molecule has 0 bridgehead atoms. The van der Waals surface area contributed by atoms with E-state index >= 15 is 0 Å². The second-order valence-electron chi connectivity index (χ2n) is 8.63. The molecule has 1 saturated heterocycles. The minimum atomic E-state index is -3.91. The van der Waals surface area contributed by atoms with Crippen LogP contribution in [0.3, 0.4) is 0 Å². The summed E-state index contributed by atoms with van der Waals surface area (Å²) in [5.41, 5.74) is 2.44. The zero-order valence-electron chi connectivity index (χ0n) is 20.3. The highest BCUT2D eigenvalue weighted by Gasteiger charge is 2.33. The first-order valence-corrected chi connectivity index (χ1v) is 13.3. The van der Waals surface area contributed by atoms with E-state index in [0.717, 1.165) is 54.5 Å². The average Bonchev–Trinajstić information content (AvgIpc) is 2.82. The summed E-state index contributed by atoms with van der Waals surface area (Å²) < 4.78 is 31.8. The number of sulfonamides is 1. The lowest BCUT2D eigenvalue weighted by Gasteiger charge is -2.31. The topological polar surface area (TPSA) is 122 Å². The molecule has 35 heavy (non-hydrogen) atoms. The normalized spacial score (nSPS) is 15.4. The molecule has 0 radical (unpaired) electrons. The van der Waals surface area contributed by atoms with E-state index < -0.39 is 26.9 Å². The lowest BCUT2D eigenvalue weighted by Crippen LogP contribution is -2.49. The molecular weight excluding hydrogens is 472 g/mol. The molecule has 1 aliphatic rings. The van der Waals surface area contributed by atoms with Gasteiger partial charge in [-0.05, 0) is 30.0 Å². The van der Waals surface area contributed by atoms with E-state index in [1.54, 1.807) is 13.8 Å². The van der Waals surface area contributed by atoms with Crippen molar-refractivity contribution < 1.29 is 22.9 Å². The van der Waals surface area contributed by atoms with Gasteiger partial charge in [0.05, 0.1) is 30.1 Å². The van der Waals surface area contributed by atoms with Crippen molar-refractivity contribution in [3.8, 4) is 0 Å². The molecule has 0 saturated carbocycles. The number of aryl methyl sites for hydroxylation is 1. The number of nitrogens with zero attached hydrogens (tertiary/aromatic N) is 3. The largest absolute Gasteiger partial charge is 0.379 e. The third kappa shape index (κ3) is 7.00. The highest BCUT2D eigenvalue weighted by Crippen LogP contribution is 2.30. The van der Waals surface area contributed by atoms with Gasteiger partial charge < -0.3 is 10.1 Å². The van der Waals surface area contributed by atoms with Crippen LogP contribution in [0.15, 0.2) is 42.5 Å². The SMILES string of the molecule is CC[C@@H](C(=O)NCc1ccc(CN2CCOCC2)cc1)N(c1cc([N+](=O)[O-])ccc1C)S(C)(=O)=O. The Morgan fingerprint density at radius 1 is 1.17 bits per heavy atom. The summed E-state index contributed by atoms with van der Waals surface area (Å²) in [5.74, 6) is -0.471. The molecule has 11 heteroatoms. The maximum absolute atomic E-state index is 13.1. The van der Waals surface area contributed by atoms with Gasteiger partial charge in [0.25, 0.3) is 5.69 Å².